The Kier molecular flexibility index (Phi) is 6.10. The standard InChI is InChI=1S/C14H18N6O2S/c1-9(2)7-16-13(22)17-11(21)8-23-14-18-12(19-20-14)10-3-5-15-6-4-10/h3-6,9H,7-8H2,1-2H3,(H,18,19,20)(H2,16,17,21,22). The van der Waals surface area contributed by atoms with Crippen LogP contribution in [0.25, 0.3) is 11.4 Å². The number of amides is 3. The molecule has 2 aromatic heterocycles. The lowest BCUT2D eigenvalue weighted by Crippen LogP contribution is -2.41. The maximum Gasteiger partial charge on any atom is 0.321 e. The molecule has 0 bridgehead atoms. The predicted molar refractivity (Wildman–Crippen MR) is 86.7 cm³/mol. The zero-order chi connectivity index (χ0) is 16.7. The molecular weight excluding hydrogens is 316 g/mol. The Hall–Kier alpha value is -2.42. The molecule has 2 aromatic rings. The number of rotatable bonds is 6. The lowest BCUT2D eigenvalue weighted by Gasteiger charge is -2.07. The summed E-state index contributed by atoms with van der Waals surface area (Å²) >= 11 is 1.15. The molecule has 2 rings (SSSR count). The first kappa shape index (κ1) is 16.9. The number of imide groups is 1. The van der Waals surface area contributed by atoms with Crippen molar-refractivity contribution >= 4 is 23.7 Å². The SMILES string of the molecule is CC(C)CNC(=O)NC(=O)CSc1n[nH]c(-c2ccncc2)n1. The lowest BCUT2D eigenvalue weighted by molar-refractivity contribution is -0.117. The van der Waals surface area contributed by atoms with Gasteiger partial charge >= 0.3 is 6.03 Å². The van der Waals surface area contributed by atoms with Crippen molar-refractivity contribution in [1.29, 1.82) is 0 Å². The van der Waals surface area contributed by atoms with Gasteiger partial charge < -0.3 is 5.32 Å². The number of carbonyl (C=O) groups excluding carboxylic acids is 2. The summed E-state index contributed by atoms with van der Waals surface area (Å²) < 4.78 is 0. The van der Waals surface area contributed by atoms with Crippen LogP contribution in [0.4, 0.5) is 4.79 Å². The minimum absolute atomic E-state index is 0.0583. The van der Waals surface area contributed by atoms with Crippen molar-refractivity contribution in [3.05, 3.63) is 24.5 Å². The van der Waals surface area contributed by atoms with Gasteiger partial charge in [0.2, 0.25) is 11.1 Å². The second kappa shape index (κ2) is 8.28. The molecule has 0 aromatic carbocycles. The molecule has 0 saturated heterocycles. The zero-order valence-corrected chi connectivity index (χ0v) is 13.7. The molecule has 122 valence electrons. The van der Waals surface area contributed by atoms with Gasteiger partial charge in [0, 0.05) is 24.5 Å². The molecule has 0 unspecified atom stereocenters. The van der Waals surface area contributed by atoms with Crippen molar-refractivity contribution in [2.45, 2.75) is 19.0 Å². The first-order chi connectivity index (χ1) is 11.0. The van der Waals surface area contributed by atoms with Gasteiger partial charge in [-0.05, 0) is 18.1 Å². The van der Waals surface area contributed by atoms with E-state index in [1.807, 2.05) is 13.8 Å². The zero-order valence-electron chi connectivity index (χ0n) is 12.9. The van der Waals surface area contributed by atoms with Gasteiger partial charge in [-0.25, -0.2) is 9.78 Å². The minimum atomic E-state index is -0.489. The van der Waals surface area contributed by atoms with Crippen molar-refractivity contribution in [3.63, 3.8) is 0 Å². The van der Waals surface area contributed by atoms with E-state index in [0.717, 1.165) is 17.3 Å². The quantitative estimate of drug-likeness (QED) is 0.689. The molecule has 3 amide bonds. The highest BCUT2D eigenvalue weighted by atomic mass is 32.2. The largest absolute Gasteiger partial charge is 0.338 e. The van der Waals surface area contributed by atoms with Crippen LogP contribution < -0.4 is 10.6 Å². The number of hydrogen-bond acceptors (Lipinski definition) is 6. The number of hydrogen-bond donors (Lipinski definition) is 3. The molecule has 0 radical (unpaired) electrons. The van der Waals surface area contributed by atoms with Crippen LogP contribution in [0.1, 0.15) is 13.8 Å². The first-order valence-electron chi connectivity index (χ1n) is 7.08. The number of urea groups is 1. The third kappa shape index (κ3) is 5.70. The van der Waals surface area contributed by atoms with Crippen LogP contribution in [-0.4, -0.2) is 44.4 Å². The highest BCUT2D eigenvalue weighted by molar-refractivity contribution is 7.99. The number of aromatic nitrogens is 4. The van der Waals surface area contributed by atoms with Gasteiger partial charge in [-0.15, -0.1) is 5.10 Å². The number of aromatic amines is 1. The lowest BCUT2D eigenvalue weighted by atomic mass is 10.2. The number of thioether (sulfide) groups is 1. The fourth-order valence-corrected chi connectivity index (χ4v) is 2.18. The summed E-state index contributed by atoms with van der Waals surface area (Å²) in [4.78, 5) is 31.4. The van der Waals surface area contributed by atoms with E-state index in [-0.39, 0.29) is 5.75 Å². The van der Waals surface area contributed by atoms with E-state index in [4.69, 9.17) is 0 Å². The molecule has 9 heteroatoms. The van der Waals surface area contributed by atoms with E-state index in [0.29, 0.717) is 23.4 Å². The molecule has 8 nitrogen and oxygen atoms in total. The molecule has 0 fully saturated rings. The number of carbonyl (C=O) groups is 2. The number of pyridine rings is 1. The average molecular weight is 334 g/mol. The molecule has 0 atom stereocenters. The Morgan fingerprint density at radius 2 is 2.04 bits per heavy atom. The summed E-state index contributed by atoms with van der Waals surface area (Å²) in [5.41, 5.74) is 0.858. The molecule has 0 saturated carbocycles. The van der Waals surface area contributed by atoms with Gasteiger partial charge in [-0.3, -0.25) is 20.2 Å². The van der Waals surface area contributed by atoms with E-state index in [1.165, 1.54) is 0 Å². The fourth-order valence-electron chi connectivity index (χ4n) is 1.58. The first-order valence-corrected chi connectivity index (χ1v) is 8.06. The van der Waals surface area contributed by atoms with Crippen LogP contribution in [0.15, 0.2) is 29.7 Å². The Balaban J connectivity index is 1.79. The summed E-state index contributed by atoms with van der Waals surface area (Å²) in [5.74, 6) is 0.588. The predicted octanol–water partition coefficient (Wildman–Crippen LogP) is 1.44. The summed E-state index contributed by atoms with van der Waals surface area (Å²) in [6.45, 7) is 4.46. The molecule has 0 aliphatic rings. The third-order valence-electron chi connectivity index (χ3n) is 2.67. The number of nitrogens with zero attached hydrogens (tertiary/aromatic N) is 3. The van der Waals surface area contributed by atoms with Crippen molar-refractivity contribution in [1.82, 2.24) is 30.8 Å². The normalized spacial score (nSPS) is 10.6. The van der Waals surface area contributed by atoms with Crippen molar-refractivity contribution in [2.75, 3.05) is 12.3 Å². The van der Waals surface area contributed by atoms with Gasteiger partial charge in [0.25, 0.3) is 0 Å². The van der Waals surface area contributed by atoms with Crippen LogP contribution in [-0.2, 0) is 4.79 Å². The number of H-pyrrole nitrogens is 1. The average Bonchev–Trinajstić information content (AvgIpc) is 3.01. The molecular formula is C14H18N6O2S. The van der Waals surface area contributed by atoms with Crippen molar-refractivity contribution in [3.8, 4) is 11.4 Å². The monoisotopic (exact) mass is 334 g/mol. The second-order valence-electron chi connectivity index (χ2n) is 5.14. The third-order valence-corrected chi connectivity index (χ3v) is 3.52. The Bertz CT molecular complexity index is 658. The highest BCUT2D eigenvalue weighted by Crippen LogP contribution is 2.17. The van der Waals surface area contributed by atoms with Crippen LogP contribution in [0.3, 0.4) is 0 Å². The molecule has 0 aliphatic carbocycles. The van der Waals surface area contributed by atoms with E-state index < -0.39 is 11.9 Å². The molecule has 0 spiro atoms. The summed E-state index contributed by atoms with van der Waals surface area (Å²) in [6.07, 6.45) is 3.32. The van der Waals surface area contributed by atoms with Gasteiger partial charge in [0.05, 0.1) is 5.75 Å². The fraction of sp³-hybridized carbons (Fsp3) is 0.357. The Morgan fingerprint density at radius 1 is 1.30 bits per heavy atom. The van der Waals surface area contributed by atoms with Crippen LogP contribution >= 0.6 is 11.8 Å². The molecule has 23 heavy (non-hydrogen) atoms. The smallest absolute Gasteiger partial charge is 0.321 e. The van der Waals surface area contributed by atoms with Crippen molar-refractivity contribution in [2.24, 2.45) is 5.92 Å². The molecule has 0 aliphatic heterocycles. The van der Waals surface area contributed by atoms with Gasteiger partial charge in [0.15, 0.2) is 5.82 Å². The van der Waals surface area contributed by atoms with Gasteiger partial charge in [-0.1, -0.05) is 25.6 Å². The van der Waals surface area contributed by atoms with Crippen LogP contribution in [0.5, 0.6) is 0 Å². The van der Waals surface area contributed by atoms with Crippen LogP contribution in [0, 0.1) is 5.92 Å². The minimum Gasteiger partial charge on any atom is -0.338 e. The van der Waals surface area contributed by atoms with E-state index in [1.54, 1.807) is 24.5 Å². The maximum absolute atomic E-state index is 11.7. The number of nitrogens with one attached hydrogen (secondary N) is 3. The second-order valence-corrected chi connectivity index (χ2v) is 6.09. The summed E-state index contributed by atoms with van der Waals surface area (Å²) in [6, 6.07) is 3.12. The molecule has 3 N–H and O–H groups in total. The molecule has 2 heterocycles. The highest BCUT2D eigenvalue weighted by Gasteiger charge is 2.11. The van der Waals surface area contributed by atoms with E-state index >= 15 is 0 Å². The van der Waals surface area contributed by atoms with Gasteiger partial charge in [0.1, 0.15) is 0 Å². The van der Waals surface area contributed by atoms with E-state index in [2.05, 4.69) is 30.8 Å². The Labute approximate surface area is 137 Å². The maximum atomic E-state index is 11.7. The van der Waals surface area contributed by atoms with Gasteiger partial charge in [-0.2, -0.15) is 0 Å². The topological polar surface area (TPSA) is 113 Å². The summed E-state index contributed by atoms with van der Waals surface area (Å²) in [7, 11) is 0. The van der Waals surface area contributed by atoms with Crippen LogP contribution in [0.2, 0.25) is 0 Å². The van der Waals surface area contributed by atoms with Crippen molar-refractivity contribution < 1.29 is 9.59 Å². The Morgan fingerprint density at radius 3 is 2.74 bits per heavy atom. The summed E-state index contributed by atoms with van der Waals surface area (Å²) in [5, 5.41) is 12.1. The van der Waals surface area contributed by atoms with E-state index in [9.17, 15) is 9.59 Å².